The Bertz CT molecular complexity index is 1620. The van der Waals surface area contributed by atoms with Crippen LogP contribution in [-0.4, -0.2) is 60.2 Å². The lowest BCUT2D eigenvalue weighted by atomic mass is 10.2. The third-order valence-corrected chi connectivity index (χ3v) is 8.73. The number of rotatable bonds is 10. The molecular formula is C26H28F2N6O6S. The molecule has 0 amide bonds. The average Bonchev–Trinajstić information content (AvgIpc) is 3.68. The lowest BCUT2D eigenvalue weighted by Crippen LogP contribution is -2.52. The van der Waals surface area contributed by atoms with E-state index >= 15 is 0 Å². The Morgan fingerprint density at radius 2 is 1.78 bits per heavy atom. The van der Waals surface area contributed by atoms with Gasteiger partial charge < -0.3 is 9.64 Å². The van der Waals surface area contributed by atoms with Gasteiger partial charge >= 0.3 is 5.56 Å². The number of nitro benzene ring substituents is 1. The fraction of sp³-hybridized carbons (Fsp3) is 0.385. The predicted molar refractivity (Wildman–Crippen MR) is 145 cm³/mol. The monoisotopic (exact) mass is 590 g/mol. The molecule has 2 heterocycles. The largest absolute Gasteiger partial charge is 0.486 e. The quantitative estimate of drug-likeness (QED) is 0.281. The van der Waals surface area contributed by atoms with Crippen LogP contribution in [0.1, 0.15) is 25.3 Å². The van der Waals surface area contributed by atoms with Gasteiger partial charge in [0.15, 0.2) is 0 Å². The SMILES string of the molecule is CC1(COc2c(N3CCN(S(=O)(=O)NCc4cccc([N+](=O)[O-])c4)CC3)cnn(-c3cc(F)cc(F)c3)c2=O)CC1. The maximum Gasteiger partial charge on any atom is 0.316 e. The Hall–Kier alpha value is -3.95. The summed E-state index contributed by atoms with van der Waals surface area (Å²) in [5.74, 6) is -1.75. The summed E-state index contributed by atoms with van der Waals surface area (Å²) >= 11 is 0. The number of anilines is 1. The van der Waals surface area contributed by atoms with Gasteiger partial charge in [-0.25, -0.2) is 8.78 Å². The molecular weight excluding hydrogens is 562 g/mol. The van der Waals surface area contributed by atoms with E-state index in [0.717, 1.165) is 29.7 Å². The molecule has 1 saturated carbocycles. The summed E-state index contributed by atoms with van der Waals surface area (Å²) in [4.78, 5) is 25.7. The third-order valence-electron chi connectivity index (χ3n) is 7.17. The van der Waals surface area contributed by atoms with Crippen LogP contribution in [0, 0.1) is 27.2 Å². The zero-order valence-electron chi connectivity index (χ0n) is 22.1. The van der Waals surface area contributed by atoms with Gasteiger partial charge in [-0.2, -0.15) is 27.2 Å². The fourth-order valence-corrected chi connectivity index (χ4v) is 5.63. The molecule has 5 rings (SSSR count). The molecule has 2 aliphatic rings. The molecule has 0 bridgehead atoms. The van der Waals surface area contributed by atoms with E-state index in [2.05, 4.69) is 9.82 Å². The molecule has 0 atom stereocenters. The molecule has 1 aromatic heterocycles. The van der Waals surface area contributed by atoms with Crippen LogP contribution in [0.5, 0.6) is 5.75 Å². The van der Waals surface area contributed by atoms with Crippen molar-refractivity contribution in [1.82, 2.24) is 18.8 Å². The molecule has 3 aromatic rings. The fourth-order valence-electron chi connectivity index (χ4n) is 4.45. The van der Waals surface area contributed by atoms with Crippen molar-refractivity contribution in [2.45, 2.75) is 26.3 Å². The van der Waals surface area contributed by atoms with Crippen LogP contribution >= 0.6 is 0 Å². The van der Waals surface area contributed by atoms with Gasteiger partial charge in [0.1, 0.15) is 17.3 Å². The van der Waals surface area contributed by atoms with Crippen LogP contribution in [0.2, 0.25) is 0 Å². The second kappa shape index (κ2) is 11.1. The van der Waals surface area contributed by atoms with E-state index in [1.165, 1.54) is 28.7 Å². The van der Waals surface area contributed by atoms with Crippen molar-refractivity contribution < 1.29 is 26.9 Å². The second-order valence-corrected chi connectivity index (χ2v) is 12.2. The van der Waals surface area contributed by atoms with Gasteiger partial charge in [-0.15, -0.1) is 0 Å². The number of non-ortho nitro benzene ring substituents is 1. The Balaban J connectivity index is 1.32. The van der Waals surface area contributed by atoms with Crippen LogP contribution in [0.25, 0.3) is 5.69 Å². The summed E-state index contributed by atoms with van der Waals surface area (Å²) in [5, 5.41) is 15.1. The summed E-state index contributed by atoms with van der Waals surface area (Å²) in [7, 11) is -3.91. The smallest absolute Gasteiger partial charge is 0.316 e. The highest BCUT2D eigenvalue weighted by Gasteiger charge is 2.39. The topological polar surface area (TPSA) is 140 Å². The number of aromatic nitrogens is 2. The molecule has 12 nitrogen and oxygen atoms in total. The highest BCUT2D eigenvalue weighted by Crippen LogP contribution is 2.45. The summed E-state index contributed by atoms with van der Waals surface area (Å²) in [5.41, 5.74) is -0.188. The maximum atomic E-state index is 13.9. The number of nitro groups is 1. The van der Waals surface area contributed by atoms with Crippen molar-refractivity contribution in [3.8, 4) is 11.4 Å². The standard InChI is InChI=1S/C26H28F2N6O6S/c1-26(5-6-26)17-40-24-23(16-29-33(25(24)35)22-13-19(27)12-20(28)14-22)31-7-9-32(10-8-31)41(38,39)30-15-18-3-2-4-21(11-18)34(36)37/h2-4,11-14,16,30H,5-10,15,17H2,1H3. The highest BCUT2D eigenvalue weighted by atomic mass is 32.2. The number of halogens is 2. The Kier molecular flexibility index (Phi) is 7.76. The molecule has 1 aliphatic carbocycles. The maximum absolute atomic E-state index is 13.9. The number of nitrogens with one attached hydrogen (secondary N) is 1. The molecule has 1 N–H and O–H groups in total. The van der Waals surface area contributed by atoms with E-state index in [9.17, 15) is 32.1 Å². The second-order valence-electron chi connectivity index (χ2n) is 10.4. The predicted octanol–water partition coefficient (Wildman–Crippen LogP) is 2.75. The minimum Gasteiger partial charge on any atom is -0.486 e. The van der Waals surface area contributed by atoms with E-state index in [-0.39, 0.29) is 61.9 Å². The van der Waals surface area contributed by atoms with Crippen LogP contribution in [0.4, 0.5) is 20.2 Å². The van der Waals surface area contributed by atoms with Crippen molar-refractivity contribution >= 4 is 21.6 Å². The first-order valence-electron chi connectivity index (χ1n) is 12.9. The first-order valence-corrected chi connectivity index (χ1v) is 14.3. The summed E-state index contributed by atoms with van der Waals surface area (Å²) in [6.07, 6.45) is 3.26. The lowest BCUT2D eigenvalue weighted by Gasteiger charge is -2.35. The molecule has 0 radical (unpaired) electrons. The first kappa shape index (κ1) is 28.6. The van der Waals surface area contributed by atoms with Crippen LogP contribution < -0.4 is 19.9 Å². The minimum absolute atomic E-state index is 0.0297. The molecule has 15 heteroatoms. The van der Waals surface area contributed by atoms with Crippen molar-refractivity contribution in [1.29, 1.82) is 0 Å². The lowest BCUT2D eigenvalue weighted by molar-refractivity contribution is -0.384. The molecule has 2 aromatic carbocycles. The van der Waals surface area contributed by atoms with Gasteiger partial charge in [0, 0.05) is 56.3 Å². The molecule has 1 aliphatic heterocycles. The van der Waals surface area contributed by atoms with Crippen molar-refractivity contribution in [3.05, 3.63) is 86.3 Å². The number of ether oxygens (including phenoxy) is 1. The van der Waals surface area contributed by atoms with E-state index in [0.29, 0.717) is 17.3 Å². The zero-order chi connectivity index (χ0) is 29.4. The number of hydrogen-bond donors (Lipinski definition) is 1. The summed E-state index contributed by atoms with van der Waals surface area (Å²) < 4.78 is 64.1. The molecule has 2 fully saturated rings. The number of hydrogen-bond acceptors (Lipinski definition) is 8. The van der Waals surface area contributed by atoms with E-state index < -0.39 is 32.3 Å². The van der Waals surface area contributed by atoms with Crippen molar-refractivity contribution in [3.63, 3.8) is 0 Å². The minimum atomic E-state index is -3.91. The number of piperazine rings is 1. The van der Waals surface area contributed by atoms with Gasteiger partial charge in [0.25, 0.3) is 15.9 Å². The zero-order valence-corrected chi connectivity index (χ0v) is 22.9. The van der Waals surface area contributed by atoms with Gasteiger partial charge in [0.2, 0.25) is 5.75 Å². The van der Waals surface area contributed by atoms with E-state index in [4.69, 9.17) is 4.74 Å². The Morgan fingerprint density at radius 1 is 1.10 bits per heavy atom. The van der Waals surface area contributed by atoms with E-state index in [1.54, 1.807) is 11.0 Å². The van der Waals surface area contributed by atoms with Gasteiger partial charge in [-0.3, -0.25) is 14.9 Å². The average molecular weight is 591 g/mol. The molecule has 41 heavy (non-hydrogen) atoms. The highest BCUT2D eigenvalue weighted by molar-refractivity contribution is 7.87. The summed E-state index contributed by atoms with van der Waals surface area (Å²) in [6, 6.07) is 8.38. The Labute approximate surface area is 234 Å². The van der Waals surface area contributed by atoms with Gasteiger partial charge in [-0.05, 0) is 30.5 Å². The third kappa shape index (κ3) is 6.52. The van der Waals surface area contributed by atoms with Gasteiger partial charge in [-0.1, -0.05) is 19.1 Å². The van der Waals surface area contributed by atoms with Crippen molar-refractivity contribution in [2.75, 3.05) is 37.7 Å². The molecule has 218 valence electrons. The summed E-state index contributed by atoms with van der Waals surface area (Å²) in [6.45, 7) is 2.77. The Morgan fingerprint density at radius 3 is 2.41 bits per heavy atom. The molecule has 1 saturated heterocycles. The van der Waals surface area contributed by atoms with Crippen LogP contribution in [0.15, 0.2) is 53.5 Å². The normalized spacial score (nSPS) is 16.9. The number of nitrogens with zero attached hydrogens (tertiary/aromatic N) is 5. The van der Waals surface area contributed by atoms with Crippen molar-refractivity contribution in [2.24, 2.45) is 5.41 Å². The van der Waals surface area contributed by atoms with Gasteiger partial charge in [0.05, 0.1) is 23.4 Å². The molecule has 0 unspecified atom stereocenters. The molecule has 0 spiro atoms. The van der Waals surface area contributed by atoms with E-state index in [1.807, 2.05) is 6.92 Å². The van der Waals surface area contributed by atoms with Crippen LogP contribution in [0.3, 0.4) is 0 Å². The number of benzene rings is 2. The first-order chi connectivity index (χ1) is 19.4. The van der Waals surface area contributed by atoms with Crippen LogP contribution in [-0.2, 0) is 16.8 Å².